The summed E-state index contributed by atoms with van der Waals surface area (Å²) in [6.45, 7) is 2.94. The number of hydrogen-bond donors (Lipinski definition) is 0. The number of methoxy groups -OCH3 is 1. The highest BCUT2D eigenvalue weighted by molar-refractivity contribution is 7.10. The minimum atomic E-state index is 0.0950. The zero-order valence-electron chi connectivity index (χ0n) is 12.3. The molecule has 2 heterocycles. The molecule has 3 nitrogen and oxygen atoms in total. The lowest BCUT2D eigenvalue weighted by Crippen LogP contribution is -2.39. The number of benzene rings is 1. The van der Waals surface area contributed by atoms with Crippen LogP contribution in [0.1, 0.15) is 40.2 Å². The fraction of sp³-hybridized carbons (Fsp3) is 0.353. The Bertz CT molecular complexity index is 650. The summed E-state index contributed by atoms with van der Waals surface area (Å²) >= 11 is 1.80. The van der Waals surface area contributed by atoms with E-state index in [9.17, 15) is 4.79 Å². The topological polar surface area (TPSA) is 29.5 Å². The van der Waals surface area contributed by atoms with E-state index >= 15 is 0 Å². The minimum Gasteiger partial charge on any atom is -0.497 e. The first-order valence-corrected chi connectivity index (χ1v) is 8.13. The smallest absolute Gasteiger partial charge is 0.254 e. The van der Waals surface area contributed by atoms with Gasteiger partial charge in [0.05, 0.1) is 13.2 Å². The minimum absolute atomic E-state index is 0.0950. The van der Waals surface area contributed by atoms with E-state index in [4.69, 9.17) is 4.74 Å². The number of ether oxygens (including phenoxy) is 1. The maximum Gasteiger partial charge on any atom is 0.254 e. The predicted molar refractivity (Wildman–Crippen MR) is 85.1 cm³/mol. The van der Waals surface area contributed by atoms with E-state index in [1.54, 1.807) is 18.4 Å². The molecule has 0 spiro atoms. The second-order valence-electron chi connectivity index (χ2n) is 5.20. The van der Waals surface area contributed by atoms with Crippen molar-refractivity contribution in [1.82, 2.24) is 4.90 Å². The number of hydrogen-bond acceptors (Lipinski definition) is 3. The maximum absolute atomic E-state index is 12.8. The van der Waals surface area contributed by atoms with Gasteiger partial charge >= 0.3 is 0 Å². The highest BCUT2D eigenvalue weighted by atomic mass is 32.1. The molecule has 0 bridgehead atoms. The van der Waals surface area contributed by atoms with Crippen molar-refractivity contribution in [3.05, 3.63) is 51.7 Å². The fourth-order valence-electron chi connectivity index (χ4n) is 3.00. The molecule has 1 aromatic carbocycles. The zero-order valence-corrected chi connectivity index (χ0v) is 13.2. The molecule has 0 N–H and O–H groups in total. The zero-order chi connectivity index (χ0) is 14.8. The highest BCUT2D eigenvalue weighted by Crippen LogP contribution is 2.36. The molecular formula is C17H19NO2S. The quantitative estimate of drug-likeness (QED) is 0.860. The van der Waals surface area contributed by atoms with Gasteiger partial charge in [-0.25, -0.2) is 0 Å². The number of fused-ring (bicyclic) bond motifs is 1. The van der Waals surface area contributed by atoms with Crippen LogP contribution in [0.2, 0.25) is 0 Å². The third kappa shape index (κ3) is 2.56. The van der Waals surface area contributed by atoms with Gasteiger partial charge in [0.25, 0.3) is 5.91 Å². The highest BCUT2D eigenvalue weighted by Gasteiger charge is 2.30. The third-order valence-corrected chi connectivity index (χ3v) is 5.06. The molecule has 1 amide bonds. The second kappa shape index (κ2) is 5.90. The number of rotatable bonds is 3. The van der Waals surface area contributed by atoms with Crippen molar-refractivity contribution in [2.24, 2.45) is 0 Å². The van der Waals surface area contributed by atoms with Crippen LogP contribution in [0.4, 0.5) is 0 Å². The Kier molecular flexibility index (Phi) is 3.97. The number of nitrogens with zero attached hydrogens (tertiary/aromatic N) is 1. The Morgan fingerprint density at radius 2 is 2.29 bits per heavy atom. The van der Waals surface area contributed by atoms with Gasteiger partial charge in [0.2, 0.25) is 0 Å². The first kappa shape index (κ1) is 14.1. The average molecular weight is 301 g/mol. The Hall–Kier alpha value is -1.81. The van der Waals surface area contributed by atoms with Gasteiger partial charge in [0.1, 0.15) is 5.75 Å². The van der Waals surface area contributed by atoms with Gasteiger partial charge in [-0.15, -0.1) is 11.3 Å². The molecule has 1 aliphatic rings. The molecule has 21 heavy (non-hydrogen) atoms. The molecule has 0 aliphatic carbocycles. The van der Waals surface area contributed by atoms with Crippen LogP contribution in [0.25, 0.3) is 0 Å². The Morgan fingerprint density at radius 1 is 1.43 bits per heavy atom. The summed E-state index contributed by atoms with van der Waals surface area (Å²) in [6, 6.07) is 9.77. The molecule has 1 aromatic heterocycles. The van der Waals surface area contributed by atoms with Crippen LogP contribution < -0.4 is 4.74 Å². The number of carbonyl (C=O) groups is 1. The molecule has 2 aromatic rings. The van der Waals surface area contributed by atoms with E-state index in [1.165, 1.54) is 10.4 Å². The number of thiophene rings is 1. The lowest BCUT2D eigenvalue weighted by atomic mass is 9.97. The largest absolute Gasteiger partial charge is 0.497 e. The van der Waals surface area contributed by atoms with Gasteiger partial charge in [-0.1, -0.05) is 13.0 Å². The summed E-state index contributed by atoms with van der Waals surface area (Å²) in [6.07, 6.45) is 1.90. The van der Waals surface area contributed by atoms with Crippen molar-refractivity contribution in [2.75, 3.05) is 13.7 Å². The van der Waals surface area contributed by atoms with Crippen LogP contribution in [0, 0.1) is 0 Å². The second-order valence-corrected chi connectivity index (χ2v) is 6.20. The van der Waals surface area contributed by atoms with Gasteiger partial charge < -0.3 is 9.64 Å². The summed E-state index contributed by atoms with van der Waals surface area (Å²) in [4.78, 5) is 16.3. The SMILES string of the molecule is CCC1c2ccsc2CCN1C(=O)c1cccc(OC)c1. The van der Waals surface area contributed by atoms with Crippen LogP contribution in [-0.4, -0.2) is 24.5 Å². The molecule has 1 atom stereocenters. The molecule has 1 aliphatic heterocycles. The molecule has 3 rings (SSSR count). The van der Waals surface area contributed by atoms with E-state index in [-0.39, 0.29) is 11.9 Å². The van der Waals surface area contributed by atoms with Crippen molar-refractivity contribution in [2.45, 2.75) is 25.8 Å². The number of amides is 1. The van der Waals surface area contributed by atoms with E-state index in [2.05, 4.69) is 18.4 Å². The van der Waals surface area contributed by atoms with Gasteiger partial charge in [0.15, 0.2) is 0 Å². The van der Waals surface area contributed by atoms with Crippen molar-refractivity contribution < 1.29 is 9.53 Å². The van der Waals surface area contributed by atoms with Crippen molar-refractivity contribution >= 4 is 17.2 Å². The normalized spacial score (nSPS) is 17.4. The summed E-state index contributed by atoms with van der Waals surface area (Å²) in [5, 5.41) is 2.13. The lowest BCUT2D eigenvalue weighted by molar-refractivity contribution is 0.0657. The van der Waals surface area contributed by atoms with Crippen molar-refractivity contribution in [1.29, 1.82) is 0 Å². The Labute approximate surface area is 129 Å². The van der Waals surface area contributed by atoms with Crippen LogP contribution >= 0.6 is 11.3 Å². The Balaban J connectivity index is 1.90. The van der Waals surface area contributed by atoms with E-state index in [0.717, 1.165) is 25.1 Å². The molecule has 1 unspecified atom stereocenters. The molecule has 0 saturated heterocycles. The summed E-state index contributed by atoms with van der Waals surface area (Å²) in [5.74, 6) is 0.819. The summed E-state index contributed by atoms with van der Waals surface area (Å²) < 4.78 is 5.22. The summed E-state index contributed by atoms with van der Waals surface area (Å²) in [5.41, 5.74) is 2.02. The summed E-state index contributed by atoms with van der Waals surface area (Å²) in [7, 11) is 1.62. The predicted octanol–water partition coefficient (Wildman–Crippen LogP) is 3.91. The molecule has 110 valence electrons. The number of carbonyl (C=O) groups excluding carboxylic acids is 1. The fourth-order valence-corrected chi connectivity index (χ4v) is 3.93. The molecule has 0 radical (unpaired) electrons. The first-order chi connectivity index (χ1) is 10.2. The van der Waals surface area contributed by atoms with Crippen LogP contribution in [-0.2, 0) is 6.42 Å². The molecule has 0 fully saturated rings. The van der Waals surface area contributed by atoms with E-state index in [1.807, 2.05) is 29.2 Å². The third-order valence-electron chi connectivity index (χ3n) is 4.06. The average Bonchev–Trinajstić information content (AvgIpc) is 3.01. The molecule has 0 saturated carbocycles. The van der Waals surface area contributed by atoms with Crippen LogP contribution in [0.15, 0.2) is 35.7 Å². The van der Waals surface area contributed by atoms with Crippen molar-refractivity contribution in [3.8, 4) is 5.75 Å². The van der Waals surface area contributed by atoms with Gasteiger partial charge in [-0.3, -0.25) is 4.79 Å². The van der Waals surface area contributed by atoms with Gasteiger partial charge in [-0.2, -0.15) is 0 Å². The lowest BCUT2D eigenvalue weighted by Gasteiger charge is -2.35. The van der Waals surface area contributed by atoms with E-state index in [0.29, 0.717) is 5.56 Å². The molecular weight excluding hydrogens is 282 g/mol. The van der Waals surface area contributed by atoms with E-state index < -0.39 is 0 Å². The van der Waals surface area contributed by atoms with Gasteiger partial charge in [-0.05, 0) is 48.1 Å². The first-order valence-electron chi connectivity index (χ1n) is 7.26. The monoisotopic (exact) mass is 301 g/mol. The van der Waals surface area contributed by atoms with Crippen LogP contribution in [0.5, 0.6) is 5.75 Å². The van der Waals surface area contributed by atoms with Crippen LogP contribution in [0.3, 0.4) is 0 Å². The van der Waals surface area contributed by atoms with Gasteiger partial charge in [0, 0.05) is 17.0 Å². The molecule has 4 heteroatoms. The standard InChI is InChI=1S/C17H19NO2S/c1-3-15-14-8-10-21-16(14)7-9-18(15)17(19)12-5-4-6-13(11-12)20-2/h4-6,8,10-11,15H,3,7,9H2,1-2H3. The Morgan fingerprint density at radius 3 is 3.05 bits per heavy atom. The maximum atomic E-state index is 12.8. The van der Waals surface area contributed by atoms with Crippen molar-refractivity contribution in [3.63, 3.8) is 0 Å².